The first-order valence-corrected chi connectivity index (χ1v) is 8.58. The molecule has 2 heterocycles. The summed E-state index contributed by atoms with van der Waals surface area (Å²) in [6, 6.07) is 11.4. The van der Waals surface area contributed by atoms with E-state index in [0.717, 1.165) is 45.4 Å². The van der Waals surface area contributed by atoms with Crippen LogP contribution in [0.2, 0.25) is 0 Å². The zero-order chi connectivity index (χ0) is 15.2. The van der Waals surface area contributed by atoms with Crippen LogP contribution in [0.4, 0.5) is 0 Å². The molecule has 1 amide bonds. The number of carbonyl (C=O) groups excluding carboxylic acids is 1. The zero-order valence-corrected chi connectivity index (χ0v) is 15.7. The van der Waals surface area contributed by atoms with E-state index in [1.165, 1.54) is 12.0 Å². The molecule has 0 radical (unpaired) electrons. The molecule has 2 N–H and O–H groups in total. The fourth-order valence-electron chi connectivity index (χ4n) is 3.52. The third-order valence-electron chi connectivity index (χ3n) is 4.80. The van der Waals surface area contributed by atoms with E-state index in [9.17, 15) is 4.79 Å². The van der Waals surface area contributed by atoms with Crippen molar-refractivity contribution in [3.05, 3.63) is 35.9 Å². The standard InChI is InChI=1S/C18H27N3O.2ClH/c22-18(13-17-7-4-10-19-17)20-16-8-11-21(12-9-16)14-15-5-2-1-3-6-15;;/h1-3,5-6,16-17,19H,4,7-14H2,(H,20,22);2*1H. The molecule has 3 rings (SSSR count). The molecule has 6 heteroatoms. The maximum atomic E-state index is 12.1. The first kappa shape index (κ1) is 21.2. The number of likely N-dealkylation sites (tertiary alicyclic amines) is 1. The van der Waals surface area contributed by atoms with Gasteiger partial charge in [-0.1, -0.05) is 30.3 Å². The van der Waals surface area contributed by atoms with E-state index in [4.69, 9.17) is 0 Å². The summed E-state index contributed by atoms with van der Waals surface area (Å²) in [5, 5.41) is 6.61. The minimum atomic E-state index is 0. The highest BCUT2D eigenvalue weighted by Gasteiger charge is 2.23. The van der Waals surface area contributed by atoms with Crippen LogP contribution in [-0.2, 0) is 11.3 Å². The van der Waals surface area contributed by atoms with Crippen molar-refractivity contribution in [1.82, 2.24) is 15.5 Å². The molecule has 0 bridgehead atoms. The van der Waals surface area contributed by atoms with Crippen LogP contribution in [-0.4, -0.2) is 42.5 Å². The Labute approximate surface area is 157 Å². The van der Waals surface area contributed by atoms with Crippen molar-refractivity contribution in [1.29, 1.82) is 0 Å². The molecule has 2 aliphatic heterocycles. The Bertz CT molecular complexity index is 472. The molecule has 0 aliphatic carbocycles. The predicted molar refractivity (Wildman–Crippen MR) is 103 cm³/mol. The third-order valence-corrected chi connectivity index (χ3v) is 4.80. The Morgan fingerprint density at radius 1 is 1.12 bits per heavy atom. The van der Waals surface area contributed by atoms with Gasteiger partial charge in [0.15, 0.2) is 0 Å². The van der Waals surface area contributed by atoms with E-state index in [1.807, 2.05) is 0 Å². The van der Waals surface area contributed by atoms with Crippen molar-refractivity contribution in [2.75, 3.05) is 19.6 Å². The van der Waals surface area contributed by atoms with Gasteiger partial charge in [-0.3, -0.25) is 9.69 Å². The molecule has 1 aromatic carbocycles. The maximum absolute atomic E-state index is 12.1. The Morgan fingerprint density at radius 2 is 1.83 bits per heavy atom. The highest BCUT2D eigenvalue weighted by molar-refractivity contribution is 5.85. The number of halogens is 2. The number of nitrogens with one attached hydrogen (secondary N) is 2. The van der Waals surface area contributed by atoms with Crippen LogP contribution in [0.15, 0.2) is 30.3 Å². The lowest BCUT2D eigenvalue weighted by Crippen LogP contribution is -2.45. The molecule has 136 valence electrons. The number of hydrogen-bond acceptors (Lipinski definition) is 3. The lowest BCUT2D eigenvalue weighted by molar-refractivity contribution is -0.122. The van der Waals surface area contributed by atoms with Gasteiger partial charge in [0.2, 0.25) is 5.91 Å². The van der Waals surface area contributed by atoms with E-state index in [1.54, 1.807) is 0 Å². The summed E-state index contributed by atoms with van der Waals surface area (Å²) in [5.74, 6) is 0.223. The second-order valence-electron chi connectivity index (χ2n) is 6.60. The monoisotopic (exact) mass is 373 g/mol. The Hall–Kier alpha value is -0.810. The summed E-state index contributed by atoms with van der Waals surface area (Å²) < 4.78 is 0. The topological polar surface area (TPSA) is 44.4 Å². The zero-order valence-electron chi connectivity index (χ0n) is 14.1. The van der Waals surface area contributed by atoms with Gasteiger partial charge in [-0.05, 0) is 37.8 Å². The number of amides is 1. The molecule has 24 heavy (non-hydrogen) atoms. The summed E-state index contributed by atoms with van der Waals surface area (Å²) in [6.45, 7) is 4.23. The van der Waals surface area contributed by atoms with Crippen LogP contribution in [0, 0.1) is 0 Å². The molecule has 1 unspecified atom stereocenters. The van der Waals surface area contributed by atoms with Crippen LogP contribution < -0.4 is 10.6 Å². The van der Waals surface area contributed by atoms with Crippen LogP contribution in [0.3, 0.4) is 0 Å². The molecular weight excluding hydrogens is 345 g/mol. The van der Waals surface area contributed by atoms with E-state index in [-0.39, 0.29) is 30.7 Å². The highest BCUT2D eigenvalue weighted by atomic mass is 35.5. The number of nitrogens with zero attached hydrogens (tertiary/aromatic N) is 1. The average molecular weight is 374 g/mol. The molecule has 0 aromatic heterocycles. The second kappa shape index (κ2) is 10.9. The molecule has 1 aromatic rings. The van der Waals surface area contributed by atoms with Gasteiger partial charge in [-0.15, -0.1) is 24.8 Å². The van der Waals surface area contributed by atoms with E-state index in [2.05, 4.69) is 45.9 Å². The van der Waals surface area contributed by atoms with Gasteiger partial charge in [-0.2, -0.15) is 0 Å². The fraction of sp³-hybridized carbons (Fsp3) is 0.611. The molecule has 1 atom stereocenters. The van der Waals surface area contributed by atoms with Crippen LogP contribution in [0.5, 0.6) is 0 Å². The number of rotatable bonds is 5. The smallest absolute Gasteiger partial charge is 0.221 e. The summed E-state index contributed by atoms with van der Waals surface area (Å²) in [7, 11) is 0. The van der Waals surface area contributed by atoms with E-state index < -0.39 is 0 Å². The van der Waals surface area contributed by atoms with Gasteiger partial charge < -0.3 is 10.6 Å². The van der Waals surface area contributed by atoms with Gasteiger partial charge >= 0.3 is 0 Å². The molecular formula is C18H29Cl2N3O. The SMILES string of the molecule is Cl.Cl.O=C(CC1CCCN1)NC1CCN(Cc2ccccc2)CC1. The first-order valence-electron chi connectivity index (χ1n) is 8.58. The lowest BCUT2D eigenvalue weighted by Gasteiger charge is -2.32. The van der Waals surface area contributed by atoms with Crippen molar-refractivity contribution < 1.29 is 4.79 Å². The first-order chi connectivity index (χ1) is 10.8. The van der Waals surface area contributed by atoms with Gasteiger partial charge in [0.25, 0.3) is 0 Å². The normalized spacial score (nSPS) is 21.6. The van der Waals surface area contributed by atoms with Gasteiger partial charge in [0.1, 0.15) is 0 Å². The highest BCUT2D eigenvalue weighted by Crippen LogP contribution is 2.15. The third kappa shape index (κ3) is 6.60. The van der Waals surface area contributed by atoms with Crippen molar-refractivity contribution in [2.24, 2.45) is 0 Å². The largest absolute Gasteiger partial charge is 0.353 e. The minimum Gasteiger partial charge on any atom is -0.353 e. The minimum absolute atomic E-state index is 0. The molecule has 2 aliphatic rings. The quantitative estimate of drug-likeness (QED) is 0.833. The van der Waals surface area contributed by atoms with Crippen molar-refractivity contribution in [3.8, 4) is 0 Å². The Kier molecular flexibility index (Phi) is 9.67. The Balaban J connectivity index is 0.00000144. The fourth-order valence-corrected chi connectivity index (χ4v) is 3.52. The molecule has 0 spiro atoms. The van der Waals surface area contributed by atoms with Crippen molar-refractivity contribution in [3.63, 3.8) is 0 Å². The van der Waals surface area contributed by atoms with E-state index >= 15 is 0 Å². The van der Waals surface area contributed by atoms with Crippen LogP contribution >= 0.6 is 24.8 Å². The average Bonchev–Trinajstić information content (AvgIpc) is 3.03. The predicted octanol–water partition coefficient (Wildman–Crippen LogP) is 2.75. The summed E-state index contributed by atoms with van der Waals surface area (Å²) >= 11 is 0. The summed E-state index contributed by atoms with van der Waals surface area (Å²) in [6.07, 6.45) is 5.12. The number of benzene rings is 1. The summed E-state index contributed by atoms with van der Waals surface area (Å²) in [5.41, 5.74) is 1.37. The number of carbonyl (C=O) groups is 1. The second-order valence-corrected chi connectivity index (χ2v) is 6.60. The molecule has 2 saturated heterocycles. The van der Waals surface area contributed by atoms with Crippen molar-refractivity contribution >= 4 is 30.7 Å². The van der Waals surface area contributed by atoms with Gasteiger partial charge in [-0.25, -0.2) is 0 Å². The van der Waals surface area contributed by atoms with Gasteiger partial charge in [0, 0.05) is 38.1 Å². The maximum Gasteiger partial charge on any atom is 0.221 e. The van der Waals surface area contributed by atoms with Gasteiger partial charge in [0.05, 0.1) is 0 Å². The lowest BCUT2D eigenvalue weighted by atomic mass is 10.0. The molecule has 0 saturated carbocycles. The number of hydrogen-bond donors (Lipinski definition) is 2. The molecule has 4 nitrogen and oxygen atoms in total. The van der Waals surface area contributed by atoms with E-state index in [0.29, 0.717) is 18.5 Å². The van der Waals surface area contributed by atoms with Crippen LogP contribution in [0.1, 0.15) is 37.7 Å². The number of piperidine rings is 1. The van der Waals surface area contributed by atoms with Crippen LogP contribution in [0.25, 0.3) is 0 Å². The Morgan fingerprint density at radius 3 is 2.46 bits per heavy atom. The summed E-state index contributed by atoms with van der Waals surface area (Å²) in [4.78, 5) is 14.6. The van der Waals surface area contributed by atoms with Crippen molar-refractivity contribution in [2.45, 2.75) is 50.7 Å². The molecule has 2 fully saturated rings.